The number of benzene rings is 2. The van der Waals surface area contributed by atoms with Crippen LogP contribution in [0.3, 0.4) is 0 Å². The van der Waals surface area contributed by atoms with E-state index in [0.717, 1.165) is 22.2 Å². The van der Waals surface area contributed by atoms with E-state index in [0.29, 0.717) is 5.76 Å². The third kappa shape index (κ3) is 3.10. The molecule has 0 saturated carbocycles. The lowest BCUT2D eigenvalue weighted by atomic mass is 9.93. The van der Waals surface area contributed by atoms with Gasteiger partial charge in [-0.2, -0.15) is 0 Å². The Balaban J connectivity index is 1.75. The molecule has 2 aromatic heterocycles. The number of aromatic amines is 1. The number of likely N-dealkylation sites (tertiary alicyclic amines) is 1. The Labute approximate surface area is 182 Å². The van der Waals surface area contributed by atoms with E-state index in [1.807, 2.05) is 31.2 Å². The summed E-state index contributed by atoms with van der Waals surface area (Å²) in [7, 11) is 0. The fourth-order valence-electron chi connectivity index (χ4n) is 4.33. The molecule has 1 fully saturated rings. The van der Waals surface area contributed by atoms with E-state index in [1.54, 1.807) is 12.1 Å². The number of furan rings is 1. The van der Waals surface area contributed by atoms with E-state index in [9.17, 15) is 19.1 Å². The Morgan fingerprint density at radius 2 is 1.84 bits per heavy atom. The molecule has 2 N–H and O–H groups in total. The lowest BCUT2D eigenvalue weighted by molar-refractivity contribution is -0.140. The van der Waals surface area contributed by atoms with Gasteiger partial charge in [-0.1, -0.05) is 18.2 Å². The summed E-state index contributed by atoms with van der Waals surface area (Å²) in [5.41, 5.74) is 2.55. The highest BCUT2D eigenvalue weighted by Crippen LogP contribution is 2.44. The molecule has 7 heteroatoms. The summed E-state index contributed by atoms with van der Waals surface area (Å²) in [6, 6.07) is 15.3. The van der Waals surface area contributed by atoms with Gasteiger partial charge in [-0.05, 0) is 49.4 Å². The molecule has 5 rings (SSSR count). The third-order valence-electron chi connectivity index (χ3n) is 5.78. The minimum Gasteiger partial charge on any atom is -0.507 e. The fourth-order valence-corrected chi connectivity index (χ4v) is 4.33. The van der Waals surface area contributed by atoms with Gasteiger partial charge >= 0.3 is 0 Å². The number of Topliss-reactive ketones (excluding diaryl/α,β-unsaturated/α-hetero) is 1. The van der Waals surface area contributed by atoms with Crippen molar-refractivity contribution in [3.63, 3.8) is 0 Å². The number of nitrogens with zero attached hydrogens (tertiary/aromatic N) is 1. The number of ketones is 1. The number of amides is 1. The van der Waals surface area contributed by atoms with Crippen molar-refractivity contribution in [3.05, 3.63) is 101 Å². The zero-order chi connectivity index (χ0) is 22.4. The van der Waals surface area contributed by atoms with Gasteiger partial charge in [0.25, 0.3) is 11.7 Å². The number of fused-ring (bicyclic) bond motifs is 1. The minimum atomic E-state index is -0.846. The molecule has 1 aliphatic rings. The van der Waals surface area contributed by atoms with Crippen LogP contribution < -0.4 is 0 Å². The fraction of sp³-hybridized carbons (Fsp3) is 0.120. The van der Waals surface area contributed by atoms with Crippen LogP contribution in [-0.4, -0.2) is 26.7 Å². The third-order valence-corrected chi connectivity index (χ3v) is 5.78. The minimum absolute atomic E-state index is 0.0407. The number of aliphatic hydroxyl groups excluding tert-OH is 1. The number of aryl methyl sites for hydroxylation is 1. The van der Waals surface area contributed by atoms with Crippen molar-refractivity contribution < 1.29 is 23.5 Å². The number of carbonyl (C=O) groups excluding carboxylic acids is 2. The van der Waals surface area contributed by atoms with E-state index in [2.05, 4.69) is 4.98 Å². The summed E-state index contributed by atoms with van der Waals surface area (Å²) < 4.78 is 18.8. The van der Waals surface area contributed by atoms with Crippen molar-refractivity contribution in [2.75, 3.05) is 0 Å². The van der Waals surface area contributed by atoms with Crippen LogP contribution in [0.15, 0.2) is 76.9 Å². The van der Waals surface area contributed by atoms with Gasteiger partial charge in [0.2, 0.25) is 0 Å². The smallest absolute Gasteiger partial charge is 0.296 e. The average molecular weight is 430 g/mol. The molecule has 0 radical (unpaired) electrons. The number of nitrogens with one attached hydrogen (secondary N) is 1. The standard InChI is InChI=1S/C25H19FN2O4/c1-14-20(18-6-2-3-7-19(18)27-14)22-21(23(29)15-8-10-16(26)11-9-15)24(30)25(31)28(22)13-17-5-4-12-32-17/h2-12,22,27,29H,13H2,1H3/b23-21+. The molecular weight excluding hydrogens is 411 g/mol. The van der Waals surface area contributed by atoms with Crippen molar-refractivity contribution in [2.45, 2.75) is 19.5 Å². The SMILES string of the molecule is Cc1[nH]c2ccccc2c1C1/C(=C(\O)c2ccc(F)cc2)C(=O)C(=O)N1Cc1ccco1. The number of aromatic nitrogens is 1. The second kappa shape index (κ2) is 7.53. The first-order valence-electron chi connectivity index (χ1n) is 10.1. The second-order valence-corrected chi connectivity index (χ2v) is 7.72. The van der Waals surface area contributed by atoms with Crippen molar-refractivity contribution in [1.29, 1.82) is 0 Å². The summed E-state index contributed by atoms with van der Waals surface area (Å²) in [4.78, 5) is 31.0. The highest BCUT2D eigenvalue weighted by molar-refractivity contribution is 6.46. The Hall–Kier alpha value is -4.13. The number of para-hydroxylation sites is 1. The summed E-state index contributed by atoms with van der Waals surface area (Å²) in [5, 5.41) is 11.9. The predicted molar refractivity (Wildman–Crippen MR) is 116 cm³/mol. The summed E-state index contributed by atoms with van der Waals surface area (Å²) in [6.45, 7) is 1.92. The topological polar surface area (TPSA) is 86.5 Å². The molecule has 32 heavy (non-hydrogen) atoms. The molecule has 4 aromatic rings. The van der Waals surface area contributed by atoms with Crippen LogP contribution in [0.1, 0.15) is 28.6 Å². The van der Waals surface area contributed by atoms with E-state index < -0.39 is 23.5 Å². The van der Waals surface area contributed by atoms with E-state index >= 15 is 0 Å². The number of carbonyl (C=O) groups is 2. The van der Waals surface area contributed by atoms with Crippen LogP contribution >= 0.6 is 0 Å². The zero-order valence-corrected chi connectivity index (χ0v) is 17.1. The van der Waals surface area contributed by atoms with Crippen molar-refractivity contribution in [2.24, 2.45) is 0 Å². The first-order chi connectivity index (χ1) is 15.5. The lowest BCUT2D eigenvalue weighted by Crippen LogP contribution is -2.29. The molecule has 0 bridgehead atoms. The van der Waals surface area contributed by atoms with Gasteiger partial charge in [-0.3, -0.25) is 9.59 Å². The van der Waals surface area contributed by atoms with Gasteiger partial charge < -0.3 is 19.4 Å². The maximum atomic E-state index is 13.4. The monoisotopic (exact) mass is 430 g/mol. The number of hydrogen-bond donors (Lipinski definition) is 2. The van der Waals surface area contributed by atoms with Gasteiger partial charge in [-0.25, -0.2) is 4.39 Å². The molecule has 1 saturated heterocycles. The van der Waals surface area contributed by atoms with Crippen LogP contribution in [0.5, 0.6) is 0 Å². The molecule has 1 aliphatic heterocycles. The molecule has 3 heterocycles. The average Bonchev–Trinajstić information content (AvgIpc) is 3.47. The molecule has 1 atom stereocenters. The molecule has 2 aromatic carbocycles. The number of H-pyrrole nitrogens is 1. The Morgan fingerprint density at radius 1 is 1.09 bits per heavy atom. The highest BCUT2D eigenvalue weighted by Gasteiger charge is 2.47. The van der Waals surface area contributed by atoms with Crippen molar-refractivity contribution in [3.8, 4) is 0 Å². The van der Waals surface area contributed by atoms with Gasteiger partial charge in [0, 0.05) is 27.7 Å². The Bertz CT molecular complexity index is 1370. The molecule has 1 amide bonds. The van der Waals surface area contributed by atoms with Crippen LogP contribution in [0.2, 0.25) is 0 Å². The molecule has 1 unspecified atom stereocenters. The number of rotatable bonds is 4. The highest BCUT2D eigenvalue weighted by atomic mass is 19.1. The maximum absolute atomic E-state index is 13.4. The lowest BCUT2D eigenvalue weighted by Gasteiger charge is -2.25. The zero-order valence-electron chi connectivity index (χ0n) is 17.1. The van der Waals surface area contributed by atoms with Gasteiger partial charge in [0.05, 0.1) is 24.4 Å². The summed E-state index contributed by atoms with van der Waals surface area (Å²) >= 11 is 0. The van der Waals surface area contributed by atoms with Crippen LogP contribution in [-0.2, 0) is 16.1 Å². The first kappa shape index (κ1) is 19.8. The van der Waals surface area contributed by atoms with Crippen LogP contribution in [0.4, 0.5) is 4.39 Å². The van der Waals surface area contributed by atoms with Gasteiger partial charge in [0.1, 0.15) is 17.3 Å². The first-order valence-corrected chi connectivity index (χ1v) is 10.1. The normalized spacial score (nSPS) is 18.1. The second-order valence-electron chi connectivity index (χ2n) is 7.72. The molecular formula is C25H19FN2O4. The van der Waals surface area contributed by atoms with E-state index in [4.69, 9.17) is 4.42 Å². The van der Waals surface area contributed by atoms with Crippen molar-refractivity contribution in [1.82, 2.24) is 9.88 Å². The predicted octanol–water partition coefficient (Wildman–Crippen LogP) is 4.83. The van der Waals surface area contributed by atoms with E-state index in [-0.39, 0.29) is 23.4 Å². The summed E-state index contributed by atoms with van der Waals surface area (Å²) in [6.07, 6.45) is 1.50. The van der Waals surface area contributed by atoms with Gasteiger partial charge in [0.15, 0.2) is 0 Å². The van der Waals surface area contributed by atoms with Gasteiger partial charge in [-0.15, -0.1) is 0 Å². The van der Waals surface area contributed by atoms with Crippen LogP contribution in [0.25, 0.3) is 16.7 Å². The maximum Gasteiger partial charge on any atom is 0.296 e. The Kier molecular flexibility index (Phi) is 4.66. The summed E-state index contributed by atoms with van der Waals surface area (Å²) in [5.74, 6) is -1.84. The van der Waals surface area contributed by atoms with Crippen LogP contribution in [0, 0.1) is 12.7 Å². The largest absolute Gasteiger partial charge is 0.507 e. The van der Waals surface area contributed by atoms with E-state index in [1.165, 1.54) is 35.4 Å². The molecule has 0 aliphatic carbocycles. The number of hydrogen-bond acceptors (Lipinski definition) is 4. The molecule has 6 nitrogen and oxygen atoms in total. The van der Waals surface area contributed by atoms with Crippen molar-refractivity contribution >= 4 is 28.4 Å². The Morgan fingerprint density at radius 3 is 2.56 bits per heavy atom. The number of aliphatic hydroxyl groups is 1. The quantitative estimate of drug-likeness (QED) is 0.276. The molecule has 0 spiro atoms. The number of halogens is 1. The molecule has 160 valence electrons.